The molecule has 0 saturated carbocycles. The Kier molecular flexibility index (Phi) is 5.13. The van der Waals surface area contributed by atoms with Crippen LogP contribution in [0.3, 0.4) is 0 Å². The van der Waals surface area contributed by atoms with E-state index in [0.717, 1.165) is 31.5 Å². The maximum absolute atomic E-state index is 11.3. The summed E-state index contributed by atoms with van der Waals surface area (Å²) in [6.07, 6.45) is 1.54. The van der Waals surface area contributed by atoms with Gasteiger partial charge in [0.15, 0.2) is 0 Å². The Bertz CT molecular complexity index is 488. The Labute approximate surface area is 128 Å². The second-order valence-corrected chi connectivity index (χ2v) is 5.83. The summed E-state index contributed by atoms with van der Waals surface area (Å²) in [6.45, 7) is 2.04. The minimum absolute atomic E-state index is 0.251. The second-order valence-electron chi connectivity index (χ2n) is 5.02. The van der Waals surface area contributed by atoms with Crippen molar-refractivity contribution >= 4 is 29.3 Å². The number of halogens is 2. The molecule has 0 aromatic heterocycles. The van der Waals surface area contributed by atoms with Crippen molar-refractivity contribution < 1.29 is 9.53 Å². The molecule has 1 aliphatic rings. The Morgan fingerprint density at radius 1 is 1.45 bits per heavy atom. The molecule has 1 heterocycles. The summed E-state index contributed by atoms with van der Waals surface area (Å²) in [5.41, 5.74) is 0.793. The van der Waals surface area contributed by atoms with Crippen LogP contribution >= 0.6 is 23.2 Å². The molecule has 1 atom stereocenters. The molecule has 1 fully saturated rings. The molecular formula is C14H18Cl2N2O2. The van der Waals surface area contributed by atoms with Gasteiger partial charge < -0.3 is 15.4 Å². The van der Waals surface area contributed by atoms with Crippen LogP contribution in [-0.4, -0.2) is 32.8 Å². The molecule has 1 aliphatic heterocycles. The first-order valence-electron chi connectivity index (χ1n) is 6.58. The molecule has 2 N–H and O–H groups in total. The highest BCUT2D eigenvalue weighted by atomic mass is 35.5. The highest BCUT2D eigenvalue weighted by molar-refractivity contribution is 6.42. The minimum atomic E-state index is -0.421. The monoisotopic (exact) mass is 316 g/mol. The highest BCUT2D eigenvalue weighted by Crippen LogP contribution is 2.35. The molecule has 20 heavy (non-hydrogen) atoms. The molecule has 4 nitrogen and oxygen atoms in total. The Hall–Kier alpha value is -0.970. The highest BCUT2D eigenvalue weighted by Gasteiger charge is 2.35. The molecule has 1 aromatic rings. The number of ether oxygens (including phenoxy) is 1. The summed E-state index contributed by atoms with van der Waals surface area (Å²) in [7, 11) is 1.55. The third-order valence-electron chi connectivity index (χ3n) is 3.69. The van der Waals surface area contributed by atoms with Crippen molar-refractivity contribution in [3.8, 4) is 0 Å². The van der Waals surface area contributed by atoms with E-state index < -0.39 is 6.09 Å². The topological polar surface area (TPSA) is 50.4 Å². The zero-order valence-electron chi connectivity index (χ0n) is 11.3. The van der Waals surface area contributed by atoms with E-state index in [4.69, 9.17) is 27.9 Å². The van der Waals surface area contributed by atoms with Crippen LogP contribution in [0, 0.1) is 0 Å². The standard InChI is InChI=1S/C14H18Cl2N2O2/c1-17-13(19)20-9-14(5-2-6-18-8-14)10-3-4-11(15)12(16)7-10/h3-4,7,18H,2,5-6,8-9H2,1H3,(H,17,19). The van der Waals surface area contributed by atoms with E-state index in [0.29, 0.717) is 16.7 Å². The van der Waals surface area contributed by atoms with Gasteiger partial charge in [0, 0.05) is 19.0 Å². The van der Waals surface area contributed by atoms with Crippen LogP contribution in [0.15, 0.2) is 18.2 Å². The number of nitrogens with one attached hydrogen (secondary N) is 2. The average molecular weight is 317 g/mol. The number of rotatable bonds is 3. The summed E-state index contributed by atoms with van der Waals surface area (Å²) in [4.78, 5) is 11.3. The van der Waals surface area contributed by atoms with Crippen LogP contribution < -0.4 is 10.6 Å². The fourth-order valence-corrected chi connectivity index (χ4v) is 2.82. The van der Waals surface area contributed by atoms with Crippen LogP contribution in [-0.2, 0) is 10.2 Å². The molecule has 2 rings (SSSR count). The predicted molar refractivity (Wildman–Crippen MR) is 80.7 cm³/mol. The van der Waals surface area contributed by atoms with Crippen molar-refractivity contribution in [1.29, 1.82) is 0 Å². The van der Waals surface area contributed by atoms with E-state index in [9.17, 15) is 4.79 Å². The lowest BCUT2D eigenvalue weighted by atomic mass is 9.75. The zero-order valence-corrected chi connectivity index (χ0v) is 12.9. The second kappa shape index (κ2) is 6.66. The van der Waals surface area contributed by atoms with Gasteiger partial charge in [0.05, 0.1) is 10.0 Å². The van der Waals surface area contributed by atoms with E-state index in [1.807, 2.05) is 12.1 Å². The van der Waals surface area contributed by atoms with Gasteiger partial charge in [-0.1, -0.05) is 29.3 Å². The van der Waals surface area contributed by atoms with E-state index in [-0.39, 0.29) is 5.41 Å². The molecule has 1 amide bonds. The summed E-state index contributed by atoms with van der Waals surface area (Å²) in [6, 6.07) is 5.61. The van der Waals surface area contributed by atoms with Gasteiger partial charge in [0.1, 0.15) is 6.61 Å². The van der Waals surface area contributed by atoms with Crippen molar-refractivity contribution in [3.63, 3.8) is 0 Å². The van der Waals surface area contributed by atoms with Crippen molar-refractivity contribution in [2.75, 3.05) is 26.7 Å². The number of amides is 1. The van der Waals surface area contributed by atoms with Crippen molar-refractivity contribution in [2.24, 2.45) is 0 Å². The number of alkyl carbamates (subject to hydrolysis) is 1. The smallest absolute Gasteiger partial charge is 0.406 e. The van der Waals surface area contributed by atoms with E-state index in [1.54, 1.807) is 13.1 Å². The molecule has 6 heteroatoms. The molecule has 1 aromatic carbocycles. The van der Waals surface area contributed by atoms with Gasteiger partial charge in [-0.05, 0) is 37.1 Å². The van der Waals surface area contributed by atoms with Crippen LogP contribution in [0.5, 0.6) is 0 Å². The van der Waals surface area contributed by atoms with Crippen LogP contribution in [0.4, 0.5) is 4.79 Å². The van der Waals surface area contributed by atoms with Crippen LogP contribution in [0.25, 0.3) is 0 Å². The van der Waals surface area contributed by atoms with E-state index in [1.165, 1.54) is 0 Å². The SMILES string of the molecule is CNC(=O)OCC1(c2ccc(Cl)c(Cl)c2)CCCNC1. The van der Waals surface area contributed by atoms with Gasteiger partial charge in [0.25, 0.3) is 0 Å². The lowest BCUT2D eigenvalue weighted by molar-refractivity contribution is 0.105. The molecule has 1 unspecified atom stereocenters. The Balaban J connectivity index is 2.25. The number of hydrogen-bond acceptors (Lipinski definition) is 3. The summed E-state index contributed by atoms with van der Waals surface area (Å²) >= 11 is 12.1. The van der Waals surface area contributed by atoms with Gasteiger partial charge >= 0.3 is 6.09 Å². The minimum Gasteiger partial charge on any atom is -0.449 e. The van der Waals surface area contributed by atoms with Crippen LogP contribution in [0.1, 0.15) is 18.4 Å². The fourth-order valence-electron chi connectivity index (χ4n) is 2.52. The molecule has 0 spiro atoms. The lowest BCUT2D eigenvalue weighted by Crippen LogP contribution is -2.47. The Morgan fingerprint density at radius 2 is 2.25 bits per heavy atom. The van der Waals surface area contributed by atoms with Gasteiger partial charge in [0.2, 0.25) is 0 Å². The normalized spacial score (nSPS) is 22.4. The first kappa shape index (κ1) is 15.4. The number of hydrogen-bond donors (Lipinski definition) is 2. The first-order valence-corrected chi connectivity index (χ1v) is 7.34. The molecule has 1 saturated heterocycles. The van der Waals surface area contributed by atoms with Crippen molar-refractivity contribution in [2.45, 2.75) is 18.3 Å². The maximum atomic E-state index is 11.3. The third kappa shape index (κ3) is 3.37. The van der Waals surface area contributed by atoms with E-state index in [2.05, 4.69) is 10.6 Å². The fraction of sp³-hybridized carbons (Fsp3) is 0.500. The van der Waals surface area contributed by atoms with Gasteiger partial charge in [-0.25, -0.2) is 4.79 Å². The van der Waals surface area contributed by atoms with Crippen molar-refractivity contribution in [1.82, 2.24) is 10.6 Å². The van der Waals surface area contributed by atoms with Crippen LogP contribution in [0.2, 0.25) is 10.0 Å². The summed E-state index contributed by atoms with van der Waals surface area (Å²) < 4.78 is 5.29. The van der Waals surface area contributed by atoms with Gasteiger partial charge in [-0.2, -0.15) is 0 Å². The summed E-state index contributed by atoms with van der Waals surface area (Å²) in [5.74, 6) is 0. The summed E-state index contributed by atoms with van der Waals surface area (Å²) in [5, 5.41) is 6.88. The average Bonchev–Trinajstić information content (AvgIpc) is 2.48. The molecule has 0 bridgehead atoms. The first-order chi connectivity index (χ1) is 9.57. The number of carbonyl (C=O) groups is 1. The van der Waals surface area contributed by atoms with E-state index >= 15 is 0 Å². The number of benzene rings is 1. The van der Waals surface area contributed by atoms with Crippen molar-refractivity contribution in [3.05, 3.63) is 33.8 Å². The molecule has 110 valence electrons. The number of carbonyl (C=O) groups excluding carboxylic acids is 1. The van der Waals surface area contributed by atoms with Gasteiger partial charge in [-0.15, -0.1) is 0 Å². The lowest BCUT2D eigenvalue weighted by Gasteiger charge is -2.37. The zero-order chi connectivity index (χ0) is 14.6. The predicted octanol–water partition coefficient (Wildman–Crippen LogP) is 2.97. The Morgan fingerprint density at radius 3 is 2.85 bits per heavy atom. The molecule has 0 radical (unpaired) electrons. The number of piperidine rings is 1. The largest absolute Gasteiger partial charge is 0.449 e. The maximum Gasteiger partial charge on any atom is 0.406 e. The third-order valence-corrected chi connectivity index (χ3v) is 4.43. The van der Waals surface area contributed by atoms with Gasteiger partial charge in [-0.3, -0.25) is 0 Å². The molecular weight excluding hydrogens is 299 g/mol. The molecule has 0 aliphatic carbocycles. The quantitative estimate of drug-likeness (QED) is 0.901.